The van der Waals surface area contributed by atoms with Gasteiger partial charge in [0.2, 0.25) is 0 Å². The third kappa shape index (κ3) is 3.58. The molecule has 3 atom stereocenters. The fraction of sp³-hybridized carbons (Fsp3) is 0.917. The van der Waals surface area contributed by atoms with E-state index in [0.29, 0.717) is 18.2 Å². The number of nitrogens with zero attached hydrogens (tertiary/aromatic N) is 1. The van der Waals surface area contributed by atoms with E-state index in [1.807, 2.05) is 20.8 Å². The first-order valence-corrected chi connectivity index (χ1v) is 5.97. The summed E-state index contributed by atoms with van der Waals surface area (Å²) in [5.41, 5.74) is 0. The van der Waals surface area contributed by atoms with Crippen LogP contribution in [0.5, 0.6) is 0 Å². The first-order valence-electron chi connectivity index (χ1n) is 5.97. The number of Topliss-reactive ketones (excluding diaryl/α,β-unsaturated/α-hetero) is 1. The average Bonchev–Trinajstić information content (AvgIpc) is 2.65. The molecule has 0 saturated carbocycles. The Bertz CT molecular complexity index is 216. The summed E-state index contributed by atoms with van der Waals surface area (Å²) in [7, 11) is 0. The highest BCUT2D eigenvalue weighted by Gasteiger charge is 2.27. The molecule has 15 heavy (non-hydrogen) atoms. The summed E-state index contributed by atoms with van der Waals surface area (Å²) in [5, 5.41) is 9.45. The lowest BCUT2D eigenvalue weighted by atomic mass is 10.0. The Hall–Kier alpha value is -0.410. The van der Waals surface area contributed by atoms with Gasteiger partial charge in [0.25, 0.3) is 0 Å². The van der Waals surface area contributed by atoms with Gasteiger partial charge >= 0.3 is 0 Å². The van der Waals surface area contributed by atoms with E-state index in [2.05, 4.69) is 4.90 Å². The van der Waals surface area contributed by atoms with Crippen molar-refractivity contribution in [1.29, 1.82) is 0 Å². The fourth-order valence-electron chi connectivity index (χ4n) is 2.00. The maximum Gasteiger partial charge on any atom is 0.149 e. The third-order valence-corrected chi connectivity index (χ3v) is 3.53. The molecule has 0 bridgehead atoms. The van der Waals surface area contributed by atoms with Gasteiger partial charge in [-0.1, -0.05) is 13.8 Å². The van der Waals surface area contributed by atoms with Gasteiger partial charge < -0.3 is 5.11 Å². The zero-order chi connectivity index (χ0) is 11.4. The quantitative estimate of drug-likeness (QED) is 0.748. The molecule has 0 radical (unpaired) electrons. The van der Waals surface area contributed by atoms with Gasteiger partial charge in [-0.25, -0.2) is 0 Å². The van der Waals surface area contributed by atoms with Gasteiger partial charge in [0.05, 0.1) is 12.6 Å². The Labute approximate surface area is 92.5 Å². The first kappa shape index (κ1) is 12.7. The molecule has 1 heterocycles. The minimum absolute atomic E-state index is 0.176. The van der Waals surface area contributed by atoms with Crippen molar-refractivity contribution in [2.75, 3.05) is 19.6 Å². The Morgan fingerprint density at radius 2 is 2.20 bits per heavy atom. The smallest absolute Gasteiger partial charge is 0.149 e. The Balaban J connectivity index is 2.33. The summed E-state index contributed by atoms with van der Waals surface area (Å²) in [4.78, 5) is 13.9. The van der Waals surface area contributed by atoms with Crippen LogP contribution in [0.1, 0.15) is 33.6 Å². The number of carbonyl (C=O) groups excluding carboxylic acids is 1. The van der Waals surface area contributed by atoms with E-state index in [-0.39, 0.29) is 12.0 Å². The predicted octanol–water partition coefficient (Wildman–Crippen LogP) is 1.30. The number of ketones is 1. The third-order valence-electron chi connectivity index (χ3n) is 3.53. The second-order valence-corrected chi connectivity index (χ2v) is 4.80. The minimum Gasteiger partial charge on any atom is -0.393 e. The number of aliphatic hydroxyl groups is 1. The molecular weight excluding hydrogens is 190 g/mol. The van der Waals surface area contributed by atoms with Gasteiger partial charge in [0.1, 0.15) is 5.78 Å². The van der Waals surface area contributed by atoms with E-state index >= 15 is 0 Å². The van der Waals surface area contributed by atoms with Crippen molar-refractivity contribution < 1.29 is 9.90 Å². The standard InChI is InChI=1S/C12H23NO2/c1-4-9(2)12(15)8-13-6-5-11(7-13)10(3)14/h9-11,14H,4-8H2,1-3H3. The second-order valence-electron chi connectivity index (χ2n) is 4.80. The molecule has 0 aromatic carbocycles. The van der Waals surface area contributed by atoms with Crippen molar-refractivity contribution in [3.8, 4) is 0 Å². The maximum absolute atomic E-state index is 11.7. The van der Waals surface area contributed by atoms with Crippen molar-refractivity contribution in [2.24, 2.45) is 11.8 Å². The van der Waals surface area contributed by atoms with Gasteiger partial charge in [-0.05, 0) is 32.2 Å². The molecule has 1 N–H and O–H groups in total. The summed E-state index contributed by atoms with van der Waals surface area (Å²) < 4.78 is 0. The van der Waals surface area contributed by atoms with Crippen molar-refractivity contribution in [3.63, 3.8) is 0 Å². The summed E-state index contributed by atoms with van der Waals surface area (Å²) in [6.45, 7) is 8.27. The highest BCUT2D eigenvalue weighted by atomic mass is 16.3. The van der Waals surface area contributed by atoms with E-state index < -0.39 is 0 Å². The molecule has 1 saturated heterocycles. The van der Waals surface area contributed by atoms with E-state index in [4.69, 9.17) is 0 Å². The molecule has 3 nitrogen and oxygen atoms in total. The zero-order valence-electron chi connectivity index (χ0n) is 10.1. The van der Waals surface area contributed by atoms with E-state index in [0.717, 1.165) is 25.9 Å². The van der Waals surface area contributed by atoms with Gasteiger partial charge in [-0.2, -0.15) is 0 Å². The molecule has 0 amide bonds. The molecule has 0 aromatic rings. The van der Waals surface area contributed by atoms with Crippen LogP contribution in [-0.2, 0) is 4.79 Å². The molecule has 3 heteroatoms. The van der Waals surface area contributed by atoms with Crippen molar-refractivity contribution in [3.05, 3.63) is 0 Å². The average molecular weight is 213 g/mol. The highest BCUT2D eigenvalue weighted by Crippen LogP contribution is 2.19. The van der Waals surface area contributed by atoms with Crippen LogP contribution in [0, 0.1) is 11.8 Å². The molecule has 1 aliphatic heterocycles. The van der Waals surface area contributed by atoms with Crippen LogP contribution < -0.4 is 0 Å². The molecular formula is C12H23NO2. The molecule has 88 valence electrons. The van der Waals surface area contributed by atoms with Gasteiger partial charge in [-0.3, -0.25) is 9.69 Å². The molecule has 1 aliphatic rings. The Morgan fingerprint density at radius 3 is 2.67 bits per heavy atom. The van der Waals surface area contributed by atoms with Crippen molar-refractivity contribution in [1.82, 2.24) is 4.90 Å². The molecule has 1 fully saturated rings. The highest BCUT2D eigenvalue weighted by molar-refractivity contribution is 5.82. The van der Waals surface area contributed by atoms with Gasteiger partial charge in [-0.15, -0.1) is 0 Å². The van der Waals surface area contributed by atoms with Crippen LogP contribution in [-0.4, -0.2) is 41.5 Å². The Kier molecular flexibility index (Phi) is 4.74. The second kappa shape index (κ2) is 5.61. The first-order chi connectivity index (χ1) is 7.04. The summed E-state index contributed by atoms with van der Waals surface area (Å²) in [6, 6.07) is 0. The molecule has 0 aliphatic carbocycles. The monoisotopic (exact) mass is 213 g/mol. The maximum atomic E-state index is 11.7. The zero-order valence-corrected chi connectivity index (χ0v) is 10.1. The van der Waals surface area contributed by atoms with E-state index in [1.54, 1.807) is 0 Å². The number of carbonyl (C=O) groups is 1. The van der Waals surface area contributed by atoms with Crippen LogP contribution in [0.4, 0.5) is 0 Å². The van der Waals surface area contributed by atoms with Crippen LogP contribution >= 0.6 is 0 Å². The Morgan fingerprint density at radius 1 is 1.53 bits per heavy atom. The van der Waals surface area contributed by atoms with Crippen LogP contribution in [0.3, 0.4) is 0 Å². The molecule has 0 aromatic heterocycles. The molecule has 3 unspecified atom stereocenters. The largest absolute Gasteiger partial charge is 0.393 e. The fourth-order valence-corrected chi connectivity index (χ4v) is 2.00. The normalized spacial score (nSPS) is 26.5. The van der Waals surface area contributed by atoms with E-state index in [9.17, 15) is 9.90 Å². The summed E-state index contributed by atoms with van der Waals surface area (Å²) >= 11 is 0. The number of rotatable bonds is 5. The molecule has 1 rings (SSSR count). The number of hydrogen-bond acceptors (Lipinski definition) is 3. The lowest BCUT2D eigenvalue weighted by molar-refractivity contribution is -0.123. The lowest BCUT2D eigenvalue weighted by Gasteiger charge is -2.18. The summed E-state index contributed by atoms with van der Waals surface area (Å²) in [5.74, 6) is 0.870. The van der Waals surface area contributed by atoms with Crippen molar-refractivity contribution >= 4 is 5.78 Å². The van der Waals surface area contributed by atoms with Crippen LogP contribution in [0.2, 0.25) is 0 Å². The van der Waals surface area contributed by atoms with Gasteiger partial charge in [0.15, 0.2) is 0 Å². The predicted molar refractivity (Wildman–Crippen MR) is 60.7 cm³/mol. The van der Waals surface area contributed by atoms with E-state index in [1.165, 1.54) is 0 Å². The number of aliphatic hydroxyl groups excluding tert-OH is 1. The summed E-state index contributed by atoms with van der Waals surface area (Å²) in [6.07, 6.45) is 1.70. The SMILES string of the molecule is CCC(C)C(=O)CN1CCC(C(C)O)C1. The minimum atomic E-state index is -0.242. The number of likely N-dealkylation sites (tertiary alicyclic amines) is 1. The van der Waals surface area contributed by atoms with Crippen LogP contribution in [0.25, 0.3) is 0 Å². The number of hydrogen-bond donors (Lipinski definition) is 1. The topological polar surface area (TPSA) is 40.5 Å². The lowest BCUT2D eigenvalue weighted by Crippen LogP contribution is -2.31. The van der Waals surface area contributed by atoms with Gasteiger partial charge in [0, 0.05) is 12.5 Å². The molecule has 0 spiro atoms. The van der Waals surface area contributed by atoms with Crippen molar-refractivity contribution in [2.45, 2.75) is 39.7 Å². The van der Waals surface area contributed by atoms with Crippen LogP contribution in [0.15, 0.2) is 0 Å².